The van der Waals surface area contributed by atoms with Crippen LogP contribution in [0.25, 0.3) is 0 Å². The molecule has 1 atom stereocenters. The average molecular weight is 305 g/mol. The molecule has 0 spiro atoms. The molecule has 2 rings (SSSR count). The van der Waals surface area contributed by atoms with Gasteiger partial charge in [-0.15, -0.1) is 0 Å². The number of carbonyl (C=O) groups is 2. The standard InChI is InChI=1S/C16H23N3O3/c1-4-12(2)17-16(21)18-9-10-19(15(20)11-18)13-7-5-6-8-14(13)22-3/h5-8,12H,4,9-11H2,1-3H3,(H,17,21). The van der Waals surface area contributed by atoms with Crippen molar-refractivity contribution in [2.75, 3.05) is 31.6 Å². The Hall–Kier alpha value is -2.24. The fraction of sp³-hybridized carbons (Fsp3) is 0.500. The van der Waals surface area contributed by atoms with Crippen LogP contribution < -0.4 is 15.0 Å². The summed E-state index contributed by atoms with van der Waals surface area (Å²) in [5, 5.41) is 2.89. The third-order valence-electron chi connectivity index (χ3n) is 3.87. The first kappa shape index (κ1) is 16.1. The molecule has 1 aliphatic rings. The van der Waals surface area contributed by atoms with Gasteiger partial charge in [-0.2, -0.15) is 0 Å². The molecule has 120 valence electrons. The first-order valence-corrected chi connectivity index (χ1v) is 7.55. The zero-order valence-electron chi connectivity index (χ0n) is 13.3. The molecule has 0 bridgehead atoms. The van der Waals surface area contributed by atoms with Crippen LogP contribution in [-0.2, 0) is 4.79 Å². The van der Waals surface area contributed by atoms with Gasteiger partial charge in [0, 0.05) is 19.1 Å². The van der Waals surface area contributed by atoms with E-state index in [1.54, 1.807) is 16.9 Å². The third kappa shape index (κ3) is 3.50. The monoisotopic (exact) mass is 305 g/mol. The molecule has 1 unspecified atom stereocenters. The highest BCUT2D eigenvalue weighted by molar-refractivity contribution is 5.98. The van der Waals surface area contributed by atoms with Crippen molar-refractivity contribution in [2.45, 2.75) is 26.3 Å². The molecule has 0 saturated carbocycles. The van der Waals surface area contributed by atoms with Gasteiger partial charge in [-0.25, -0.2) is 4.79 Å². The smallest absolute Gasteiger partial charge is 0.318 e. The molecule has 22 heavy (non-hydrogen) atoms. The van der Waals surface area contributed by atoms with E-state index in [1.165, 1.54) is 0 Å². The van der Waals surface area contributed by atoms with Crippen LogP contribution in [-0.4, -0.2) is 49.6 Å². The van der Waals surface area contributed by atoms with Crippen LogP contribution in [0, 0.1) is 0 Å². The number of rotatable bonds is 4. The maximum Gasteiger partial charge on any atom is 0.318 e. The van der Waals surface area contributed by atoms with Gasteiger partial charge in [0.2, 0.25) is 5.91 Å². The van der Waals surface area contributed by atoms with Crippen molar-refractivity contribution in [3.05, 3.63) is 24.3 Å². The molecule has 0 aromatic heterocycles. The highest BCUT2D eigenvalue weighted by atomic mass is 16.5. The molecule has 6 nitrogen and oxygen atoms in total. The molecule has 1 fully saturated rings. The van der Waals surface area contributed by atoms with Crippen molar-refractivity contribution in [1.29, 1.82) is 0 Å². The average Bonchev–Trinajstić information content (AvgIpc) is 2.54. The SMILES string of the molecule is CCC(C)NC(=O)N1CCN(c2ccccc2OC)C(=O)C1. The van der Waals surface area contributed by atoms with E-state index < -0.39 is 0 Å². The minimum atomic E-state index is -0.178. The van der Waals surface area contributed by atoms with Crippen molar-refractivity contribution in [1.82, 2.24) is 10.2 Å². The third-order valence-corrected chi connectivity index (χ3v) is 3.87. The second-order valence-corrected chi connectivity index (χ2v) is 5.40. The number of piperazine rings is 1. The Labute approximate surface area is 131 Å². The molecule has 1 heterocycles. The molecule has 0 radical (unpaired) electrons. The van der Waals surface area contributed by atoms with E-state index in [2.05, 4.69) is 5.32 Å². The van der Waals surface area contributed by atoms with Crippen molar-refractivity contribution in [3.63, 3.8) is 0 Å². The number of nitrogens with zero attached hydrogens (tertiary/aromatic N) is 2. The molecule has 0 aliphatic carbocycles. The first-order chi connectivity index (χ1) is 10.6. The van der Waals surface area contributed by atoms with Crippen LogP contribution in [0.1, 0.15) is 20.3 Å². The normalized spacial score (nSPS) is 16.4. The molecule has 1 aliphatic heterocycles. The minimum Gasteiger partial charge on any atom is -0.495 e. The second-order valence-electron chi connectivity index (χ2n) is 5.40. The number of urea groups is 1. The number of hydrogen-bond donors (Lipinski definition) is 1. The van der Waals surface area contributed by atoms with E-state index in [9.17, 15) is 9.59 Å². The highest BCUT2D eigenvalue weighted by Crippen LogP contribution is 2.28. The van der Waals surface area contributed by atoms with Crippen molar-refractivity contribution >= 4 is 17.6 Å². The topological polar surface area (TPSA) is 61.9 Å². The number of nitrogens with one attached hydrogen (secondary N) is 1. The predicted molar refractivity (Wildman–Crippen MR) is 85.2 cm³/mol. The van der Waals surface area contributed by atoms with Gasteiger partial charge >= 0.3 is 6.03 Å². The van der Waals surface area contributed by atoms with Crippen LogP contribution in [0.2, 0.25) is 0 Å². The largest absolute Gasteiger partial charge is 0.495 e. The molecule has 1 aromatic carbocycles. The molecular formula is C16H23N3O3. The number of carbonyl (C=O) groups excluding carboxylic acids is 2. The van der Waals surface area contributed by atoms with Gasteiger partial charge in [-0.3, -0.25) is 4.79 Å². The summed E-state index contributed by atoms with van der Waals surface area (Å²) >= 11 is 0. The van der Waals surface area contributed by atoms with E-state index >= 15 is 0 Å². The van der Waals surface area contributed by atoms with Gasteiger partial charge in [-0.1, -0.05) is 19.1 Å². The van der Waals surface area contributed by atoms with E-state index in [0.29, 0.717) is 18.8 Å². The van der Waals surface area contributed by atoms with Gasteiger partial charge in [0.15, 0.2) is 0 Å². The number of hydrogen-bond acceptors (Lipinski definition) is 3. The summed E-state index contributed by atoms with van der Waals surface area (Å²) in [5.74, 6) is 0.559. The van der Waals surface area contributed by atoms with Crippen molar-refractivity contribution < 1.29 is 14.3 Å². The van der Waals surface area contributed by atoms with Crippen molar-refractivity contribution in [2.24, 2.45) is 0 Å². The predicted octanol–water partition coefficient (Wildman–Crippen LogP) is 1.85. The van der Waals surface area contributed by atoms with E-state index in [1.807, 2.05) is 38.1 Å². The summed E-state index contributed by atoms with van der Waals surface area (Å²) in [6.45, 7) is 5.01. The Morgan fingerprint density at radius 1 is 1.36 bits per heavy atom. The van der Waals surface area contributed by atoms with Gasteiger partial charge in [-0.05, 0) is 25.5 Å². The van der Waals surface area contributed by atoms with Crippen LogP contribution in [0.3, 0.4) is 0 Å². The summed E-state index contributed by atoms with van der Waals surface area (Å²) in [6.07, 6.45) is 0.862. The molecule has 1 saturated heterocycles. The number of benzene rings is 1. The summed E-state index contributed by atoms with van der Waals surface area (Å²) in [6, 6.07) is 7.34. The van der Waals surface area contributed by atoms with Crippen LogP contribution in [0.5, 0.6) is 5.75 Å². The molecular weight excluding hydrogens is 282 g/mol. The van der Waals surface area contributed by atoms with Gasteiger partial charge in [0.1, 0.15) is 12.3 Å². The fourth-order valence-corrected chi connectivity index (χ4v) is 2.36. The zero-order chi connectivity index (χ0) is 16.1. The van der Waals surface area contributed by atoms with Gasteiger partial charge in [0.05, 0.1) is 12.8 Å². The lowest BCUT2D eigenvalue weighted by molar-refractivity contribution is -0.120. The summed E-state index contributed by atoms with van der Waals surface area (Å²) in [4.78, 5) is 27.7. The number of para-hydroxylation sites is 2. The second kappa shape index (κ2) is 7.15. The van der Waals surface area contributed by atoms with Crippen LogP contribution >= 0.6 is 0 Å². The zero-order valence-corrected chi connectivity index (χ0v) is 13.3. The van der Waals surface area contributed by atoms with Gasteiger partial charge in [0.25, 0.3) is 0 Å². The van der Waals surface area contributed by atoms with E-state index in [0.717, 1.165) is 12.1 Å². The lowest BCUT2D eigenvalue weighted by Gasteiger charge is -2.35. The number of amides is 3. The lowest BCUT2D eigenvalue weighted by atomic mass is 10.2. The first-order valence-electron chi connectivity index (χ1n) is 7.55. The van der Waals surface area contributed by atoms with Gasteiger partial charge < -0.3 is 19.9 Å². The Kier molecular flexibility index (Phi) is 5.25. The molecule has 1 aromatic rings. The lowest BCUT2D eigenvalue weighted by Crippen LogP contribution is -2.55. The Morgan fingerprint density at radius 3 is 2.73 bits per heavy atom. The van der Waals surface area contributed by atoms with Crippen molar-refractivity contribution in [3.8, 4) is 5.75 Å². The summed E-state index contributed by atoms with van der Waals surface area (Å²) in [7, 11) is 1.58. The van der Waals surface area contributed by atoms with Crippen LogP contribution in [0.15, 0.2) is 24.3 Å². The van der Waals surface area contributed by atoms with E-state index in [-0.39, 0.29) is 24.5 Å². The fourth-order valence-electron chi connectivity index (χ4n) is 2.36. The van der Waals surface area contributed by atoms with Crippen LogP contribution in [0.4, 0.5) is 10.5 Å². The molecule has 3 amide bonds. The number of ether oxygens (including phenoxy) is 1. The molecule has 6 heteroatoms. The minimum absolute atomic E-state index is 0.0836. The maximum atomic E-state index is 12.4. The quantitative estimate of drug-likeness (QED) is 0.923. The maximum absolute atomic E-state index is 12.4. The molecule has 1 N–H and O–H groups in total. The number of anilines is 1. The highest BCUT2D eigenvalue weighted by Gasteiger charge is 2.29. The number of methoxy groups -OCH3 is 1. The Balaban J connectivity index is 2.04. The summed E-state index contributed by atoms with van der Waals surface area (Å²) < 4.78 is 5.30. The Bertz CT molecular complexity index is 547. The van der Waals surface area contributed by atoms with E-state index in [4.69, 9.17) is 4.74 Å². The summed E-state index contributed by atoms with van der Waals surface area (Å²) in [5.41, 5.74) is 0.747. The Morgan fingerprint density at radius 2 is 2.09 bits per heavy atom.